The molecule has 0 aromatic carbocycles. The fraction of sp³-hybridized carbons (Fsp3) is 0.545. The molecule has 1 aromatic heterocycles. The van der Waals surface area contributed by atoms with Gasteiger partial charge in [0.05, 0.1) is 10.6 Å². The van der Waals surface area contributed by atoms with Crippen molar-refractivity contribution in [2.24, 2.45) is 5.92 Å². The minimum atomic E-state index is 0.182. The molecule has 0 saturated heterocycles. The number of aromatic nitrogens is 1. The van der Waals surface area contributed by atoms with Crippen molar-refractivity contribution in [3.8, 4) is 5.88 Å². The molecular formula is C11H16BrNO. The molecule has 0 saturated carbocycles. The molecule has 1 heterocycles. The molecule has 0 amide bonds. The van der Waals surface area contributed by atoms with Gasteiger partial charge in [0.2, 0.25) is 5.88 Å². The van der Waals surface area contributed by atoms with E-state index in [0.29, 0.717) is 11.8 Å². The average molecular weight is 258 g/mol. The summed E-state index contributed by atoms with van der Waals surface area (Å²) in [4.78, 5) is 4.23. The maximum atomic E-state index is 5.70. The van der Waals surface area contributed by atoms with E-state index in [4.69, 9.17) is 4.74 Å². The zero-order valence-corrected chi connectivity index (χ0v) is 10.6. The predicted octanol–water partition coefficient (Wildman–Crippen LogP) is 3.58. The van der Waals surface area contributed by atoms with Gasteiger partial charge in [0.25, 0.3) is 0 Å². The van der Waals surface area contributed by atoms with Gasteiger partial charge in [0.15, 0.2) is 0 Å². The van der Waals surface area contributed by atoms with Gasteiger partial charge in [-0.05, 0) is 47.3 Å². The van der Waals surface area contributed by atoms with Crippen molar-refractivity contribution in [1.82, 2.24) is 4.98 Å². The van der Waals surface area contributed by atoms with Crippen molar-refractivity contribution in [2.75, 3.05) is 0 Å². The summed E-state index contributed by atoms with van der Waals surface area (Å²) >= 11 is 3.44. The van der Waals surface area contributed by atoms with Crippen molar-refractivity contribution in [1.29, 1.82) is 0 Å². The first kappa shape index (κ1) is 11.5. The molecule has 0 radical (unpaired) electrons. The molecule has 1 unspecified atom stereocenters. The molecule has 0 spiro atoms. The van der Waals surface area contributed by atoms with Gasteiger partial charge in [0, 0.05) is 6.20 Å². The molecule has 0 N–H and O–H groups in total. The van der Waals surface area contributed by atoms with Crippen molar-refractivity contribution < 1.29 is 4.74 Å². The third-order valence-electron chi connectivity index (χ3n) is 2.18. The van der Waals surface area contributed by atoms with E-state index in [-0.39, 0.29) is 6.10 Å². The van der Waals surface area contributed by atoms with Crippen LogP contribution in [0.2, 0.25) is 0 Å². The third-order valence-corrected chi connectivity index (χ3v) is 2.75. The van der Waals surface area contributed by atoms with Crippen LogP contribution in [0.15, 0.2) is 16.7 Å². The Morgan fingerprint density at radius 2 is 2.00 bits per heavy atom. The lowest BCUT2D eigenvalue weighted by Gasteiger charge is -2.18. The Morgan fingerprint density at radius 1 is 1.36 bits per heavy atom. The summed E-state index contributed by atoms with van der Waals surface area (Å²) in [5.41, 5.74) is 1.13. The normalized spacial score (nSPS) is 13.0. The molecule has 0 aliphatic carbocycles. The van der Waals surface area contributed by atoms with Crippen molar-refractivity contribution in [3.05, 3.63) is 22.3 Å². The number of aryl methyl sites for hydroxylation is 1. The molecule has 0 aliphatic heterocycles. The number of hydrogen-bond donors (Lipinski definition) is 0. The lowest BCUT2D eigenvalue weighted by atomic mass is 10.1. The Balaban J connectivity index is 2.77. The molecule has 78 valence electrons. The van der Waals surface area contributed by atoms with Crippen LogP contribution in [0.4, 0.5) is 0 Å². The van der Waals surface area contributed by atoms with Crippen LogP contribution in [0, 0.1) is 12.8 Å². The number of nitrogens with zero attached hydrogens (tertiary/aromatic N) is 1. The Bertz CT molecular complexity index is 312. The van der Waals surface area contributed by atoms with Crippen LogP contribution >= 0.6 is 15.9 Å². The topological polar surface area (TPSA) is 22.1 Å². The predicted molar refractivity (Wildman–Crippen MR) is 61.6 cm³/mol. The molecule has 0 bridgehead atoms. The number of ether oxygens (including phenoxy) is 1. The summed E-state index contributed by atoms with van der Waals surface area (Å²) in [5, 5.41) is 0. The van der Waals surface area contributed by atoms with Crippen molar-refractivity contribution in [3.63, 3.8) is 0 Å². The second-order valence-electron chi connectivity index (χ2n) is 3.87. The van der Waals surface area contributed by atoms with Crippen molar-refractivity contribution in [2.45, 2.75) is 33.8 Å². The third kappa shape index (κ3) is 2.98. The highest BCUT2D eigenvalue weighted by Gasteiger charge is 2.11. The summed E-state index contributed by atoms with van der Waals surface area (Å²) in [7, 11) is 0. The Morgan fingerprint density at radius 3 is 2.50 bits per heavy atom. The van der Waals surface area contributed by atoms with E-state index in [1.807, 2.05) is 19.2 Å². The highest BCUT2D eigenvalue weighted by atomic mass is 79.9. The maximum absolute atomic E-state index is 5.70. The van der Waals surface area contributed by atoms with E-state index in [1.165, 1.54) is 0 Å². The van der Waals surface area contributed by atoms with Crippen LogP contribution in [-0.4, -0.2) is 11.1 Å². The lowest BCUT2D eigenvalue weighted by Crippen LogP contribution is -2.19. The summed E-state index contributed by atoms with van der Waals surface area (Å²) in [6.07, 6.45) is 1.99. The van der Waals surface area contributed by atoms with Crippen LogP contribution in [0.1, 0.15) is 26.3 Å². The van der Waals surface area contributed by atoms with Crippen LogP contribution in [0.3, 0.4) is 0 Å². The van der Waals surface area contributed by atoms with Gasteiger partial charge in [-0.15, -0.1) is 0 Å². The number of pyridine rings is 1. The quantitative estimate of drug-likeness (QED) is 0.826. The van der Waals surface area contributed by atoms with Gasteiger partial charge >= 0.3 is 0 Å². The summed E-state index contributed by atoms with van der Waals surface area (Å²) in [5.74, 6) is 1.17. The number of hydrogen-bond acceptors (Lipinski definition) is 2. The number of rotatable bonds is 3. The smallest absolute Gasteiger partial charge is 0.228 e. The minimum absolute atomic E-state index is 0.182. The van der Waals surface area contributed by atoms with Gasteiger partial charge in [-0.3, -0.25) is 0 Å². The first-order valence-corrected chi connectivity index (χ1v) is 5.59. The SMILES string of the molecule is Cc1cnc(OC(C)C(C)C)c(Br)c1. The van der Waals surface area contributed by atoms with Gasteiger partial charge in [-0.1, -0.05) is 13.8 Å². The molecule has 0 fully saturated rings. The zero-order valence-electron chi connectivity index (χ0n) is 9.04. The molecule has 3 heteroatoms. The summed E-state index contributed by atoms with van der Waals surface area (Å²) < 4.78 is 6.62. The molecule has 0 aliphatic rings. The van der Waals surface area contributed by atoms with E-state index >= 15 is 0 Å². The van der Waals surface area contributed by atoms with E-state index in [2.05, 4.69) is 41.7 Å². The average Bonchev–Trinajstić information content (AvgIpc) is 2.09. The number of halogens is 1. The van der Waals surface area contributed by atoms with Crippen LogP contribution < -0.4 is 4.74 Å². The maximum Gasteiger partial charge on any atom is 0.228 e. The molecule has 2 nitrogen and oxygen atoms in total. The van der Waals surface area contributed by atoms with Crippen LogP contribution in [-0.2, 0) is 0 Å². The monoisotopic (exact) mass is 257 g/mol. The fourth-order valence-corrected chi connectivity index (χ4v) is 1.48. The Hall–Kier alpha value is -0.570. The highest BCUT2D eigenvalue weighted by molar-refractivity contribution is 9.10. The molecule has 1 rings (SSSR count). The zero-order chi connectivity index (χ0) is 10.7. The standard InChI is InChI=1S/C11H16BrNO/c1-7(2)9(4)14-11-10(12)5-8(3)6-13-11/h5-7,9H,1-4H3. The second-order valence-corrected chi connectivity index (χ2v) is 4.72. The van der Waals surface area contributed by atoms with Gasteiger partial charge in [-0.2, -0.15) is 0 Å². The van der Waals surface area contributed by atoms with E-state index in [0.717, 1.165) is 10.0 Å². The summed E-state index contributed by atoms with van der Waals surface area (Å²) in [6.45, 7) is 8.32. The van der Waals surface area contributed by atoms with Gasteiger partial charge < -0.3 is 4.74 Å². The van der Waals surface area contributed by atoms with E-state index in [1.54, 1.807) is 0 Å². The van der Waals surface area contributed by atoms with Crippen molar-refractivity contribution >= 4 is 15.9 Å². The van der Waals surface area contributed by atoms with Gasteiger partial charge in [0.1, 0.15) is 0 Å². The van der Waals surface area contributed by atoms with Gasteiger partial charge in [-0.25, -0.2) is 4.98 Å². The van der Waals surface area contributed by atoms with E-state index < -0.39 is 0 Å². The summed E-state index contributed by atoms with van der Waals surface area (Å²) in [6, 6.07) is 2.01. The minimum Gasteiger partial charge on any atom is -0.474 e. The van der Waals surface area contributed by atoms with E-state index in [9.17, 15) is 0 Å². The Kier molecular flexibility index (Phi) is 3.93. The van der Waals surface area contributed by atoms with Crippen LogP contribution in [0.5, 0.6) is 5.88 Å². The lowest BCUT2D eigenvalue weighted by molar-refractivity contribution is 0.162. The fourth-order valence-electron chi connectivity index (χ4n) is 0.920. The first-order chi connectivity index (χ1) is 6.50. The van der Waals surface area contributed by atoms with Crippen LogP contribution in [0.25, 0.3) is 0 Å². The molecule has 14 heavy (non-hydrogen) atoms. The largest absolute Gasteiger partial charge is 0.474 e. The molecule has 1 aromatic rings. The second kappa shape index (κ2) is 4.78. The highest BCUT2D eigenvalue weighted by Crippen LogP contribution is 2.24. The first-order valence-electron chi connectivity index (χ1n) is 4.79. The molecule has 1 atom stereocenters. The molecular weight excluding hydrogens is 242 g/mol. The Labute approximate surface area is 93.8 Å².